The van der Waals surface area contributed by atoms with Crippen molar-refractivity contribution in [2.75, 3.05) is 13.2 Å². The van der Waals surface area contributed by atoms with Gasteiger partial charge in [-0.1, -0.05) is 6.92 Å². The number of hydrogen-bond acceptors (Lipinski definition) is 6. The van der Waals surface area contributed by atoms with Crippen LogP contribution in [0, 0.1) is 0 Å². The Morgan fingerprint density at radius 2 is 2.17 bits per heavy atom. The van der Waals surface area contributed by atoms with Gasteiger partial charge in [0.25, 0.3) is 0 Å². The highest BCUT2D eigenvalue weighted by molar-refractivity contribution is 5.89. The average molecular weight is 328 g/mol. The Labute approximate surface area is 137 Å². The van der Waals surface area contributed by atoms with Gasteiger partial charge in [-0.3, -0.25) is 4.79 Å². The topological polar surface area (TPSA) is 111 Å². The zero-order valence-corrected chi connectivity index (χ0v) is 14.1. The first-order chi connectivity index (χ1) is 10.9. The van der Waals surface area contributed by atoms with Crippen LogP contribution in [0.3, 0.4) is 0 Å². The standard InChI is InChI=1S/C16H28N2O5/c1-4-12(6-7-19)23-14-9-11(16(21)22-5-2)8-13(17)15(14)18-10(3)20/h9,12-15,19H,4-8,17H2,1-3H3,(H,18,20)/t12?,13-,14+,15+/m0/s1. The smallest absolute Gasteiger partial charge is 0.333 e. The van der Waals surface area contributed by atoms with Crippen molar-refractivity contribution in [1.82, 2.24) is 5.32 Å². The van der Waals surface area contributed by atoms with Crippen molar-refractivity contribution < 1.29 is 24.2 Å². The molecule has 0 fully saturated rings. The lowest BCUT2D eigenvalue weighted by Gasteiger charge is -2.36. The molecule has 0 saturated heterocycles. The predicted octanol–water partition coefficient (Wildman–Crippen LogP) is 0.258. The SMILES string of the molecule is CCOC(=O)C1=C[C@@H](OC(CC)CCO)[C@H](NC(C)=O)[C@@H](N)C1. The van der Waals surface area contributed by atoms with Crippen LogP contribution >= 0.6 is 0 Å². The van der Waals surface area contributed by atoms with E-state index in [2.05, 4.69) is 5.32 Å². The summed E-state index contributed by atoms with van der Waals surface area (Å²) in [6.07, 6.45) is 2.49. The lowest BCUT2D eigenvalue weighted by atomic mass is 9.88. The third kappa shape index (κ3) is 5.93. The minimum Gasteiger partial charge on any atom is -0.463 e. The summed E-state index contributed by atoms with van der Waals surface area (Å²) >= 11 is 0. The third-order valence-electron chi connectivity index (χ3n) is 3.80. The normalized spacial score (nSPS) is 25.4. The summed E-state index contributed by atoms with van der Waals surface area (Å²) in [5.74, 6) is -0.615. The Bertz CT molecular complexity index is 438. The number of amides is 1. The van der Waals surface area contributed by atoms with E-state index in [1.807, 2.05) is 6.92 Å². The first-order valence-corrected chi connectivity index (χ1v) is 8.09. The molecule has 1 rings (SSSR count). The molecule has 0 spiro atoms. The lowest BCUT2D eigenvalue weighted by Crippen LogP contribution is -2.57. The van der Waals surface area contributed by atoms with Gasteiger partial charge in [-0.2, -0.15) is 0 Å². The fourth-order valence-electron chi connectivity index (χ4n) is 2.65. The molecule has 0 aliphatic heterocycles. The van der Waals surface area contributed by atoms with Gasteiger partial charge in [0, 0.05) is 25.1 Å². The Morgan fingerprint density at radius 3 is 2.70 bits per heavy atom. The Hall–Kier alpha value is -1.44. The Kier molecular flexibility index (Phi) is 8.22. The molecule has 0 heterocycles. The van der Waals surface area contributed by atoms with Crippen LogP contribution in [0.5, 0.6) is 0 Å². The van der Waals surface area contributed by atoms with Crippen LogP contribution in [-0.4, -0.2) is 54.5 Å². The van der Waals surface area contributed by atoms with Gasteiger partial charge in [-0.15, -0.1) is 0 Å². The molecular formula is C16H28N2O5. The van der Waals surface area contributed by atoms with Crippen LogP contribution in [0.15, 0.2) is 11.6 Å². The van der Waals surface area contributed by atoms with Gasteiger partial charge in [-0.25, -0.2) is 4.79 Å². The molecule has 7 heteroatoms. The summed E-state index contributed by atoms with van der Waals surface area (Å²) in [5, 5.41) is 11.9. The van der Waals surface area contributed by atoms with Gasteiger partial charge in [0.2, 0.25) is 5.91 Å². The van der Waals surface area contributed by atoms with Crippen LogP contribution in [0.1, 0.15) is 40.0 Å². The second-order valence-corrected chi connectivity index (χ2v) is 5.65. The van der Waals surface area contributed by atoms with E-state index < -0.39 is 24.2 Å². The molecule has 23 heavy (non-hydrogen) atoms. The summed E-state index contributed by atoms with van der Waals surface area (Å²) in [4.78, 5) is 23.4. The maximum atomic E-state index is 12.0. The van der Waals surface area contributed by atoms with Crippen molar-refractivity contribution >= 4 is 11.9 Å². The van der Waals surface area contributed by atoms with Crippen LogP contribution in [0.25, 0.3) is 0 Å². The molecule has 0 aromatic rings. The molecule has 7 nitrogen and oxygen atoms in total. The van der Waals surface area contributed by atoms with E-state index >= 15 is 0 Å². The van der Waals surface area contributed by atoms with Gasteiger partial charge >= 0.3 is 5.97 Å². The van der Waals surface area contributed by atoms with E-state index in [1.165, 1.54) is 6.92 Å². The first kappa shape index (κ1) is 19.6. The molecule has 4 atom stereocenters. The van der Waals surface area contributed by atoms with Crippen LogP contribution in [0.2, 0.25) is 0 Å². The fourth-order valence-corrected chi connectivity index (χ4v) is 2.65. The number of hydrogen-bond donors (Lipinski definition) is 3. The van der Waals surface area contributed by atoms with Crippen molar-refractivity contribution in [3.63, 3.8) is 0 Å². The highest BCUT2D eigenvalue weighted by atomic mass is 16.5. The molecule has 1 amide bonds. The van der Waals surface area contributed by atoms with Gasteiger partial charge in [-0.05, 0) is 32.3 Å². The van der Waals surface area contributed by atoms with Crippen LogP contribution in [-0.2, 0) is 19.1 Å². The highest BCUT2D eigenvalue weighted by Crippen LogP contribution is 2.24. The van der Waals surface area contributed by atoms with Gasteiger partial charge in [0.05, 0.1) is 24.9 Å². The molecule has 0 saturated carbocycles. The van der Waals surface area contributed by atoms with Crippen molar-refractivity contribution in [1.29, 1.82) is 0 Å². The number of ether oxygens (including phenoxy) is 2. The number of nitrogens with two attached hydrogens (primary N) is 1. The first-order valence-electron chi connectivity index (χ1n) is 8.09. The van der Waals surface area contributed by atoms with Crippen LogP contribution < -0.4 is 11.1 Å². The molecule has 4 N–H and O–H groups in total. The Morgan fingerprint density at radius 1 is 1.48 bits per heavy atom. The molecule has 0 bridgehead atoms. The zero-order valence-electron chi connectivity index (χ0n) is 14.1. The zero-order chi connectivity index (χ0) is 17.4. The molecular weight excluding hydrogens is 300 g/mol. The summed E-state index contributed by atoms with van der Waals surface area (Å²) in [5.41, 5.74) is 6.60. The fraction of sp³-hybridized carbons (Fsp3) is 0.750. The van der Waals surface area contributed by atoms with Gasteiger partial charge < -0.3 is 25.6 Å². The summed E-state index contributed by atoms with van der Waals surface area (Å²) in [7, 11) is 0. The molecule has 1 unspecified atom stereocenters. The molecule has 0 aromatic heterocycles. The minimum atomic E-state index is -0.529. The molecule has 1 aliphatic carbocycles. The number of nitrogens with one attached hydrogen (secondary N) is 1. The maximum absolute atomic E-state index is 12.0. The predicted molar refractivity (Wildman–Crippen MR) is 85.6 cm³/mol. The molecule has 0 radical (unpaired) electrons. The third-order valence-corrected chi connectivity index (χ3v) is 3.80. The lowest BCUT2D eigenvalue weighted by molar-refractivity contribution is -0.139. The quantitative estimate of drug-likeness (QED) is 0.551. The van der Waals surface area contributed by atoms with Crippen molar-refractivity contribution in [3.05, 3.63) is 11.6 Å². The van der Waals surface area contributed by atoms with E-state index in [4.69, 9.17) is 20.3 Å². The van der Waals surface area contributed by atoms with Crippen molar-refractivity contribution in [2.45, 2.75) is 64.3 Å². The van der Waals surface area contributed by atoms with E-state index in [9.17, 15) is 9.59 Å². The summed E-state index contributed by atoms with van der Waals surface area (Å²) < 4.78 is 11.0. The maximum Gasteiger partial charge on any atom is 0.333 e. The second kappa shape index (κ2) is 9.64. The van der Waals surface area contributed by atoms with Gasteiger partial charge in [0.1, 0.15) is 0 Å². The highest BCUT2D eigenvalue weighted by Gasteiger charge is 2.35. The van der Waals surface area contributed by atoms with E-state index in [1.54, 1.807) is 13.0 Å². The average Bonchev–Trinajstić information content (AvgIpc) is 2.49. The van der Waals surface area contributed by atoms with Gasteiger partial charge in [0.15, 0.2) is 0 Å². The van der Waals surface area contributed by atoms with E-state index in [0.29, 0.717) is 24.8 Å². The van der Waals surface area contributed by atoms with E-state index in [-0.39, 0.29) is 25.2 Å². The monoisotopic (exact) mass is 328 g/mol. The number of carbonyl (C=O) groups excluding carboxylic acids is 2. The van der Waals surface area contributed by atoms with Crippen molar-refractivity contribution in [3.8, 4) is 0 Å². The summed E-state index contributed by atoms with van der Waals surface area (Å²) in [6, 6.07) is -0.863. The van der Waals surface area contributed by atoms with Crippen molar-refractivity contribution in [2.24, 2.45) is 5.73 Å². The van der Waals surface area contributed by atoms with E-state index in [0.717, 1.165) is 0 Å². The molecule has 1 aliphatic rings. The second-order valence-electron chi connectivity index (χ2n) is 5.65. The molecule has 0 aromatic carbocycles. The number of carbonyl (C=O) groups is 2. The minimum absolute atomic E-state index is 0.0104. The Balaban J connectivity index is 2.98. The van der Waals surface area contributed by atoms with Crippen LogP contribution in [0.4, 0.5) is 0 Å². The molecule has 132 valence electrons. The summed E-state index contributed by atoms with van der Waals surface area (Å²) in [6.45, 7) is 5.40. The number of esters is 1. The largest absolute Gasteiger partial charge is 0.463 e. The number of aliphatic hydroxyl groups is 1. The number of aliphatic hydroxyl groups excluding tert-OH is 1. The number of rotatable bonds is 8.